The zero-order valence-electron chi connectivity index (χ0n) is 13.6. The van der Waals surface area contributed by atoms with Crippen LogP contribution in [-0.4, -0.2) is 29.9 Å². The van der Waals surface area contributed by atoms with Crippen LogP contribution in [-0.2, 0) is 4.74 Å². The van der Waals surface area contributed by atoms with E-state index < -0.39 is 0 Å². The zero-order valence-corrected chi connectivity index (χ0v) is 14.4. The number of unbranched alkanes of at least 4 members (excludes halogenated alkanes) is 1. The summed E-state index contributed by atoms with van der Waals surface area (Å²) in [4.78, 5) is 0.931. The summed E-state index contributed by atoms with van der Waals surface area (Å²) in [5, 5.41) is 3.83. The highest BCUT2D eigenvalue weighted by Gasteiger charge is 2.13. The number of nitrogens with zero attached hydrogens (tertiary/aromatic N) is 2. The normalized spacial score (nSPS) is 10.7. The minimum Gasteiger partial charge on any atom is -0.493 e. The van der Waals surface area contributed by atoms with Crippen LogP contribution in [0.1, 0.15) is 12.8 Å². The molecule has 3 rings (SSSR count). The molecule has 0 saturated carbocycles. The van der Waals surface area contributed by atoms with E-state index in [0.29, 0.717) is 6.61 Å². The highest BCUT2D eigenvalue weighted by atomic mass is 32.1. The number of methoxy groups -OCH3 is 1. The van der Waals surface area contributed by atoms with Crippen LogP contribution < -0.4 is 4.74 Å². The fourth-order valence-electron chi connectivity index (χ4n) is 2.52. The van der Waals surface area contributed by atoms with Crippen LogP contribution in [0.5, 0.6) is 5.75 Å². The first kappa shape index (κ1) is 16.6. The SMILES string of the molecule is COCCCCOc1ccccc1-c1ccccc1-c1[c]nns1. The lowest BCUT2D eigenvalue weighted by Gasteiger charge is -2.14. The Labute approximate surface area is 146 Å². The van der Waals surface area contributed by atoms with Crippen LogP contribution in [0.25, 0.3) is 21.6 Å². The average molecular weight is 339 g/mol. The van der Waals surface area contributed by atoms with Crippen molar-refractivity contribution in [1.82, 2.24) is 9.59 Å². The number of aromatic nitrogens is 2. The Hall–Kier alpha value is -2.24. The van der Waals surface area contributed by atoms with Gasteiger partial charge in [-0.05, 0) is 36.0 Å². The third-order valence-corrected chi connectivity index (χ3v) is 4.33. The molecule has 5 heteroatoms. The summed E-state index contributed by atoms with van der Waals surface area (Å²) in [6.07, 6.45) is 4.92. The van der Waals surface area contributed by atoms with Gasteiger partial charge in [-0.25, -0.2) is 0 Å². The third kappa shape index (κ3) is 3.99. The lowest BCUT2D eigenvalue weighted by Crippen LogP contribution is -2.01. The number of benzene rings is 2. The molecule has 1 radical (unpaired) electrons. The highest BCUT2D eigenvalue weighted by Crippen LogP contribution is 2.37. The van der Waals surface area contributed by atoms with Crippen molar-refractivity contribution in [1.29, 1.82) is 0 Å². The van der Waals surface area contributed by atoms with Crippen LogP contribution in [0.15, 0.2) is 48.5 Å². The van der Waals surface area contributed by atoms with Crippen LogP contribution in [0.3, 0.4) is 0 Å². The molecule has 24 heavy (non-hydrogen) atoms. The van der Waals surface area contributed by atoms with Crippen LogP contribution in [0, 0.1) is 6.20 Å². The number of rotatable bonds is 8. The van der Waals surface area contributed by atoms with Gasteiger partial charge in [0.2, 0.25) is 0 Å². The molecular formula is C19H19N2O2S. The molecule has 2 aromatic carbocycles. The van der Waals surface area contributed by atoms with Gasteiger partial charge in [-0.15, -0.1) is 5.10 Å². The molecule has 0 unspecified atom stereocenters. The topological polar surface area (TPSA) is 44.2 Å². The highest BCUT2D eigenvalue weighted by molar-refractivity contribution is 7.09. The summed E-state index contributed by atoms with van der Waals surface area (Å²) in [5.41, 5.74) is 3.25. The number of ether oxygens (including phenoxy) is 2. The largest absolute Gasteiger partial charge is 0.493 e. The Morgan fingerprint density at radius 3 is 2.38 bits per heavy atom. The molecule has 123 valence electrons. The van der Waals surface area contributed by atoms with Crippen LogP contribution in [0.2, 0.25) is 0 Å². The van der Waals surface area contributed by atoms with Crippen molar-refractivity contribution in [2.75, 3.05) is 20.3 Å². The van der Waals surface area contributed by atoms with Gasteiger partial charge in [-0.3, -0.25) is 0 Å². The van der Waals surface area contributed by atoms with E-state index in [9.17, 15) is 0 Å². The maximum atomic E-state index is 6.02. The van der Waals surface area contributed by atoms with Gasteiger partial charge in [0.15, 0.2) is 0 Å². The van der Waals surface area contributed by atoms with Crippen molar-refractivity contribution >= 4 is 11.5 Å². The first-order valence-corrected chi connectivity index (χ1v) is 8.68. The van der Waals surface area contributed by atoms with Crippen molar-refractivity contribution in [2.24, 2.45) is 0 Å². The standard InChI is InChI=1S/C19H19N2O2S/c1-22-12-6-7-13-23-18-11-5-4-9-16(18)15-8-2-3-10-17(15)19-14-20-21-24-19/h2-5,8-11H,6-7,12-13H2,1H3. The van der Waals surface area contributed by atoms with Gasteiger partial charge in [0.1, 0.15) is 11.9 Å². The second-order valence-electron chi connectivity index (χ2n) is 5.30. The fraction of sp³-hybridized carbons (Fsp3) is 0.263. The quantitative estimate of drug-likeness (QED) is 0.568. The summed E-state index contributed by atoms with van der Waals surface area (Å²) >= 11 is 1.35. The van der Waals surface area contributed by atoms with E-state index in [4.69, 9.17) is 9.47 Å². The second-order valence-corrected chi connectivity index (χ2v) is 6.06. The third-order valence-electron chi connectivity index (χ3n) is 3.67. The van der Waals surface area contributed by atoms with E-state index in [2.05, 4.69) is 34.0 Å². The Bertz CT molecular complexity index is 760. The summed E-state index contributed by atoms with van der Waals surface area (Å²) in [5.74, 6) is 0.889. The zero-order chi connectivity index (χ0) is 16.6. The number of para-hydroxylation sites is 1. The number of hydrogen-bond donors (Lipinski definition) is 0. The molecule has 0 saturated heterocycles. The van der Waals surface area contributed by atoms with Gasteiger partial charge in [-0.1, -0.05) is 47.0 Å². The lowest BCUT2D eigenvalue weighted by molar-refractivity contribution is 0.184. The van der Waals surface area contributed by atoms with Gasteiger partial charge in [0.05, 0.1) is 11.5 Å². The lowest BCUT2D eigenvalue weighted by atomic mass is 9.98. The monoisotopic (exact) mass is 339 g/mol. The van der Waals surface area contributed by atoms with Gasteiger partial charge in [0, 0.05) is 24.8 Å². The number of hydrogen-bond acceptors (Lipinski definition) is 5. The fourth-order valence-corrected chi connectivity index (χ4v) is 3.04. The summed E-state index contributed by atoms with van der Waals surface area (Å²) in [6.45, 7) is 1.44. The Kier molecular flexibility index (Phi) is 5.93. The van der Waals surface area contributed by atoms with E-state index >= 15 is 0 Å². The maximum absolute atomic E-state index is 6.02. The van der Waals surface area contributed by atoms with E-state index in [1.54, 1.807) is 7.11 Å². The van der Waals surface area contributed by atoms with E-state index in [0.717, 1.165) is 46.8 Å². The van der Waals surface area contributed by atoms with Crippen molar-refractivity contribution in [3.05, 3.63) is 54.7 Å². The molecule has 0 amide bonds. The van der Waals surface area contributed by atoms with Crippen molar-refractivity contribution in [2.45, 2.75) is 12.8 Å². The molecule has 0 N–H and O–H groups in total. The predicted molar refractivity (Wildman–Crippen MR) is 96.2 cm³/mol. The summed E-state index contributed by atoms with van der Waals surface area (Å²) in [6, 6.07) is 16.3. The molecule has 4 nitrogen and oxygen atoms in total. The Morgan fingerprint density at radius 2 is 1.62 bits per heavy atom. The summed E-state index contributed by atoms with van der Waals surface area (Å²) in [7, 11) is 1.72. The Balaban J connectivity index is 1.85. The molecule has 0 aliphatic rings. The van der Waals surface area contributed by atoms with Gasteiger partial charge in [0.25, 0.3) is 0 Å². The molecule has 0 atom stereocenters. The van der Waals surface area contributed by atoms with Gasteiger partial charge >= 0.3 is 0 Å². The molecular weight excluding hydrogens is 320 g/mol. The molecule has 1 heterocycles. The van der Waals surface area contributed by atoms with Crippen LogP contribution in [0.4, 0.5) is 0 Å². The van der Waals surface area contributed by atoms with Gasteiger partial charge in [-0.2, -0.15) is 0 Å². The maximum Gasteiger partial charge on any atom is 0.135 e. The van der Waals surface area contributed by atoms with Crippen molar-refractivity contribution in [3.8, 4) is 27.3 Å². The minimum atomic E-state index is 0.677. The molecule has 0 bridgehead atoms. The molecule has 0 fully saturated rings. The predicted octanol–water partition coefficient (Wildman–Crippen LogP) is 4.48. The first-order valence-electron chi connectivity index (χ1n) is 7.90. The molecule has 0 aliphatic heterocycles. The molecule has 1 aromatic heterocycles. The van der Waals surface area contributed by atoms with E-state index in [1.165, 1.54) is 11.5 Å². The van der Waals surface area contributed by atoms with Crippen molar-refractivity contribution in [3.63, 3.8) is 0 Å². The smallest absolute Gasteiger partial charge is 0.135 e. The summed E-state index contributed by atoms with van der Waals surface area (Å²) < 4.78 is 15.0. The Morgan fingerprint density at radius 1 is 0.917 bits per heavy atom. The molecule has 0 aliphatic carbocycles. The molecule has 0 spiro atoms. The average Bonchev–Trinajstić information content (AvgIpc) is 3.16. The minimum absolute atomic E-state index is 0.677. The van der Waals surface area contributed by atoms with E-state index in [1.807, 2.05) is 30.3 Å². The van der Waals surface area contributed by atoms with Crippen molar-refractivity contribution < 1.29 is 9.47 Å². The second kappa shape index (κ2) is 8.57. The molecule has 3 aromatic rings. The first-order chi connectivity index (χ1) is 11.9. The van der Waals surface area contributed by atoms with Gasteiger partial charge < -0.3 is 9.47 Å². The van der Waals surface area contributed by atoms with E-state index in [-0.39, 0.29) is 0 Å². The van der Waals surface area contributed by atoms with Crippen LogP contribution >= 0.6 is 11.5 Å².